The quantitative estimate of drug-likeness (QED) is 0.435. The first-order valence-electron chi connectivity index (χ1n) is 8.65. The summed E-state index contributed by atoms with van der Waals surface area (Å²) in [4.78, 5) is 31.2. The summed E-state index contributed by atoms with van der Waals surface area (Å²) in [7, 11) is 0. The van der Waals surface area contributed by atoms with Gasteiger partial charge >= 0.3 is 5.43 Å². The molecule has 0 saturated carbocycles. The van der Waals surface area contributed by atoms with Gasteiger partial charge in [-0.15, -0.1) is 0 Å². The molecule has 5 heteroatoms. The van der Waals surface area contributed by atoms with Crippen molar-refractivity contribution in [3.63, 3.8) is 0 Å². The van der Waals surface area contributed by atoms with E-state index in [4.69, 9.17) is 16.3 Å². The fourth-order valence-corrected chi connectivity index (χ4v) is 3.38. The van der Waals surface area contributed by atoms with E-state index in [1.165, 1.54) is 22.3 Å². The highest BCUT2D eigenvalue weighted by molar-refractivity contribution is 6.61. The number of halogens is 1. The van der Waals surface area contributed by atoms with Gasteiger partial charge < -0.3 is 4.74 Å². The molecule has 0 amide bonds. The van der Waals surface area contributed by atoms with Crippen LogP contribution in [0, 0.1) is 0 Å². The Morgan fingerprint density at radius 2 is 1.21 bits per heavy atom. The van der Waals surface area contributed by atoms with Crippen molar-refractivity contribution in [1.29, 1.82) is 0 Å². The zero-order chi connectivity index (χ0) is 19.9. The van der Waals surface area contributed by atoms with Crippen LogP contribution in [0.15, 0.2) is 72.8 Å². The van der Waals surface area contributed by atoms with E-state index in [0.29, 0.717) is 23.7 Å². The lowest BCUT2D eigenvalue weighted by atomic mass is 9.98. The molecule has 0 bridgehead atoms. The summed E-state index contributed by atoms with van der Waals surface area (Å²) in [5.41, 5.74) is 4.94. The first-order valence-corrected chi connectivity index (χ1v) is 9.03. The fraction of sp³-hybridized carbons (Fsp3) is 0.0870. The maximum Gasteiger partial charge on any atom is 0.403 e. The smallest absolute Gasteiger partial charge is 0.403 e. The van der Waals surface area contributed by atoms with Gasteiger partial charge in [0.2, 0.25) is 0 Å². The molecule has 3 aromatic rings. The van der Waals surface area contributed by atoms with Crippen molar-refractivity contribution in [1.82, 2.24) is 0 Å². The summed E-state index contributed by atoms with van der Waals surface area (Å²) >= 11 is 5.25. The van der Waals surface area contributed by atoms with Crippen molar-refractivity contribution in [3.8, 4) is 11.1 Å². The van der Waals surface area contributed by atoms with Crippen LogP contribution in [0.1, 0.15) is 37.8 Å². The van der Waals surface area contributed by atoms with Crippen LogP contribution in [0.4, 0.5) is 4.79 Å². The highest BCUT2D eigenvalue weighted by atomic mass is 35.5. The number of hydrogen-bond donors (Lipinski definition) is 0. The molecule has 4 nitrogen and oxygen atoms in total. The van der Waals surface area contributed by atoms with E-state index in [1.54, 1.807) is 24.3 Å². The van der Waals surface area contributed by atoms with E-state index in [9.17, 15) is 14.4 Å². The first-order chi connectivity index (χ1) is 13.7. The second-order valence-corrected chi connectivity index (χ2v) is 6.45. The van der Waals surface area contributed by atoms with Crippen LogP contribution < -0.4 is 0 Å². The van der Waals surface area contributed by atoms with E-state index in [0.717, 1.165) is 0 Å². The Morgan fingerprint density at radius 3 is 1.64 bits per heavy atom. The third-order valence-corrected chi connectivity index (χ3v) is 4.69. The van der Waals surface area contributed by atoms with Gasteiger partial charge in [0, 0.05) is 28.6 Å². The van der Waals surface area contributed by atoms with Gasteiger partial charge in [-0.1, -0.05) is 72.8 Å². The topological polar surface area (TPSA) is 60.4 Å². The molecule has 0 aliphatic heterocycles. The minimum Gasteiger partial charge on any atom is -0.453 e. The van der Waals surface area contributed by atoms with Gasteiger partial charge in [0.15, 0.2) is 12.6 Å². The maximum absolute atomic E-state index is 10.8. The van der Waals surface area contributed by atoms with Crippen molar-refractivity contribution >= 4 is 29.6 Å². The summed E-state index contributed by atoms with van der Waals surface area (Å²) in [5, 5.41) is 0. The number of ether oxygens (including phenoxy) is 1. The molecule has 4 rings (SSSR count). The summed E-state index contributed by atoms with van der Waals surface area (Å²) in [6.45, 7) is 0.288. The number of benzene rings is 3. The lowest BCUT2D eigenvalue weighted by Crippen LogP contribution is -2.07. The van der Waals surface area contributed by atoms with E-state index < -0.39 is 5.43 Å². The monoisotopic (exact) mass is 392 g/mol. The molecule has 0 spiro atoms. The molecular formula is C23H17ClO4. The summed E-state index contributed by atoms with van der Waals surface area (Å²) in [6.07, 6.45) is 1.34. The van der Waals surface area contributed by atoms with E-state index in [2.05, 4.69) is 24.3 Å². The van der Waals surface area contributed by atoms with Gasteiger partial charge in [0.05, 0.1) is 0 Å². The Labute approximate surface area is 167 Å². The van der Waals surface area contributed by atoms with Crippen molar-refractivity contribution < 1.29 is 19.1 Å². The highest BCUT2D eigenvalue weighted by Crippen LogP contribution is 2.44. The first kappa shape index (κ1) is 19.5. The standard InChI is InChI=1S/C15H11ClO2.C8H6O2/c16-15(17)18-9-14-12-7-3-1-5-10(12)11-6-2-4-8-13(11)14;9-5-7-3-1-2-4-8(7)6-10/h1-8,14H,9H2;1-6H. The zero-order valence-electron chi connectivity index (χ0n) is 14.9. The van der Waals surface area contributed by atoms with Crippen LogP contribution in [0.3, 0.4) is 0 Å². The van der Waals surface area contributed by atoms with Crippen molar-refractivity contribution in [2.24, 2.45) is 0 Å². The van der Waals surface area contributed by atoms with Gasteiger partial charge in [-0.25, -0.2) is 4.79 Å². The molecule has 0 unspecified atom stereocenters. The van der Waals surface area contributed by atoms with Crippen molar-refractivity contribution in [2.45, 2.75) is 5.92 Å². The van der Waals surface area contributed by atoms with Gasteiger partial charge in [0.25, 0.3) is 0 Å². The average molecular weight is 393 g/mol. The number of hydrogen-bond acceptors (Lipinski definition) is 4. The second kappa shape index (κ2) is 9.11. The minimum absolute atomic E-state index is 0.0834. The molecule has 0 radical (unpaired) electrons. The lowest BCUT2D eigenvalue weighted by Gasteiger charge is -2.12. The summed E-state index contributed by atoms with van der Waals surface area (Å²) < 4.78 is 4.97. The molecule has 1 aliphatic carbocycles. The number of carbonyl (C=O) groups is 3. The minimum atomic E-state index is -0.753. The van der Waals surface area contributed by atoms with E-state index >= 15 is 0 Å². The number of fused-ring (bicyclic) bond motifs is 3. The average Bonchev–Trinajstić information content (AvgIpc) is 3.06. The molecule has 0 heterocycles. The van der Waals surface area contributed by atoms with Crippen LogP contribution >= 0.6 is 11.6 Å². The Kier molecular flexibility index (Phi) is 6.35. The lowest BCUT2D eigenvalue weighted by molar-refractivity contribution is 0.109. The van der Waals surface area contributed by atoms with Crippen molar-refractivity contribution in [3.05, 3.63) is 95.1 Å². The van der Waals surface area contributed by atoms with Crippen LogP contribution in [0.5, 0.6) is 0 Å². The molecule has 0 N–H and O–H groups in total. The molecule has 0 atom stereocenters. The summed E-state index contributed by atoms with van der Waals surface area (Å²) in [5.74, 6) is 0.0834. The zero-order valence-corrected chi connectivity index (χ0v) is 15.6. The maximum atomic E-state index is 10.8. The Bertz CT molecular complexity index is 940. The van der Waals surface area contributed by atoms with Crippen LogP contribution in [-0.4, -0.2) is 24.6 Å². The van der Waals surface area contributed by atoms with Gasteiger partial charge in [-0.3, -0.25) is 9.59 Å². The Hall–Kier alpha value is -3.24. The normalized spacial score (nSPS) is 11.5. The SMILES string of the molecule is O=C(Cl)OCC1c2ccccc2-c2ccccc21.O=Cc1ccccc1C=O. The Balaban J connectivity index is 0.000000192. The van der Waals surface area contributed by atoms with Crippen LogP contribution in [0.2, 0.25) is 0 Å². The largest absolute Gasteiger partial charge is 0.453 e. The van der Waals surface area contributed by atoms with Crippen molar-refractivity contribution in [2.75, 3.05) is 6.61 Å². The van der Waals surface area contributed by atoms with Crippen LogP contribution in [-0.2, 0) is 4.74 Å². The van der Waals surface area contributed by atoms with Gasteiger partial charge in [0.1, 0.15) is 6.61 Å². The predicted octanol–water partition coefficient (Wildman–Crippen LogP) is 5.49. The molecule has 0 fully saturated rings. The second-order valence-electron chi connectivity index (χ2n) is 6.14. The number of rotatable bonds is 4. The van der Waals surface area contributed by atoms with Crippen LogP contribution in [0.25, 0.3) is 11.1 Å². The van der Waals surface area contributed by atoms with Gasteiger partial charge in [-0.05, 0) is 22.3 Å². The third-order valence-electron chi connectivity index (χ3n) is 4.58. The predicted molar refractivity (Wildman–Crippen MR) is 108 cm³/mol. The fourth-order valence-electron chi connectivity index (χ4n) is 3.31. The molecule has 3 aromatic carbocycles. The number of carbonyl (C=O) groups excluding carboxylic acids is 3. The highest BCUT2D eigenvalue weighted by Gasteiger charge is 2.28. The van der Waals surface area contributed by atoms with E-state index in [1.807, 2.05) is 24.3 Å². The van der Waals surface area contributed by atoms with E-state index in [-0.39, 0.29) is 12.5 Å². The Morgan fingerprint density at radius 1 is 0.786 bits per heavy atom. The third kappa shape index (κ3) is 4.18. The molecule has 140 valence electrons. The summed E-state index contributed by atoms with van der Waals surface area (Å²) in [6, 6.07) is 23.0. The van der Waals surface area contributed by atoms with Gasteiger partial charge in [-0.2, -0.15) is 0 Å². The molecule has 1 aliphatic rings. The molecule has 0 aromatic heterocycles. The number of aldehydes is 2. The molecular weight excluding hydrogens is 376 g/mol. The molecule has 0 saturated heterocycles. The molecule has 28 heavy (non-hydrogen) atoms.